The average molecular weight is 287 g/mol. The van der Waals surface area contributed by atoms with Gasteiger partial charge in [0, 0.05) is 25.5 Å². The largest absolute Gasteiger partial charge is 0.382 e. The van der Waals surface area contributed by atoms with Crippen molar-refractivity contribution < 1.29 is 9.18 Å². The highest BCUT2D eigenvalue weighted by Crippen LogP contribution is 2.19. The molecule has 1 aromatic carbocycles. The van der Waals surface area contributed by atoms with Crippen LogP contribution in [0, 0.1) is 12.7 Å². The highest BCUT2D eigenvalue weighted by atomic mass is 19.1. The highest BCUT2D eigenvalue weighted by Gasteiger charge is 2.14. The predicted molar refractivity (Wildman–Crippen MR) is 80.7 cm³/mol. The molecule has 1 aromatic heterocycles. The second-order valence-electron chi connectivity index (χ2n) is 4.68. The number of aromatic nitrogens is 1. The fourth-order valence-electron chi connectivity index (χ4n) is 2.04. The van der Waals surface area contributed by atoms with Crippen molar-refractivity contribution in [3.63, 3.8) is 0 Å². The second kappa shape index (κ2) is 6.83. The summed E-state index contributed by atoms with van der Waals surface area (Å²) in [7, 11) is 0. The van der Waals surface area contributed by atoms with Gasteiger partial charge in [-0.2, -0.15) is 0 Å². The Kier molecular flexibility index (Phi) is 4.87. The minimum absolute atomic E-state index is 0.240. The number of nitrogens with one attached hydrogen (secondary N) is 2. The number of aryl methyl sites for hydroxylation is 1. The summed E-state index contributed by atoms with van der Waals surface area (Å²) >= 11 is 0. The number of hydrogen-bond donors (Lipinski definition) is 2. The Hall–Kier alpha value is -2.43. The molecular formula is C16H18FN3O. The molecule has 0 fully saturated rings. The predicted octanol–water partition coefficient (Wildman–Crippen LogP) is 2.89. The van der Waals surface area contributed by atoms with Crippen LogP contribution >= 0.6 is 0 Å². The molecule has 110 valence electrons. The number of anilines is 1. The third kappa shape index (κ3) is 3.56. The van der Waals surface area contributed by atoms with Crippen LogP contribution < -0.4 is 10.6 Å². The molecule has 21 heavy (non-hydrogen) atoms. The van der Waals surface area contributed by atoms with Gasteiger partial charge in [0.1, 0.15) is 5.82 Å². The standard InChI is InChI=1S/C16H18FN3O/c1-3-19-15-13(5-4-6-14(15)17)16(21)20-10-12-7-8-18-9-11(12)2/h4-9,19H,3,10H2,1-2H3,(H,20,21). The van der Waals surface area contributed by atoms with Crippen LogP contribution in [0.25, 0.3) is 0 Å². The van der Waals surface area contributed by atoms with Crippen LogP contribution in [0.3, 0.4) is 0 Å². The van der Waals surface area contributed by atoms with Crippen LogP contribution in [0.1, 0.15) is 28.4 Å². The van der Waals surface area contributed by atoms with Gasteiger partial charge in [-0.1, -0.05) is 6.07 Å². The van der Waals surface area contributed by atoms with Gasteiger partial charge in [-0.3, -0.25) is 9.78 Å². The molecular weight excluding hydrogens is 269 g/mol. The summed E-state index contributed by atoms with van der Waals surface area (Å²) in [6, 6.07) is 6.33. The maximum absolute atomic E-state index is 13.8. The lowest BCUT2D eigenvalue weighted by Gasteiger charge is -2.12. The van der Waals surface area contributed by atoms with Crippen LogP contribution in [0.2, 0.25) is 0 Å². The number of pyridine rings is 1. The van der Waals surface area contributed by atoms with Crippen LogP contribution in [0.4, 0.5) is 10.1 Å². The van der Waals surface area contributed by atoms with Gasteiger partial charge in [-0.25, -0.2) is 4.39 Å². The van der Waals surface area contributed by atoms with Crippen LogP contribution in [0.5, 0.6) is 0 Å². The summed E-state index contributed by atoms with van der Waals surface area (Å²) in [5.74, 6) is -0.730. The number of halogens is 1. The van der Waals surface area contributed by atoms with Gasteiger partial charge < -0.3 is 10.6 Å². The van der Waals surface area contributed by atoms with Crippen molar-refractivity contribution in [2.45, 2.75) is 20.4 Å². The van der Waals surface area contributed by atoms with E-state index in [9.17, 15) is 9.18 Å². The molecule has 0 atom stereocenters. The summed E-state index contributed by atoms with van der Waals surface area (Å²) in [6.45, 7) is 4.72. The first-order valence-corrected chi connectivity index (χ1v) is 6.83. The molecule has 1 amide bonds. The van der Waals surface area contributed by atoms with E-state index in [1.807, 2.05) is 19.9 Å². The number of benzene rings is 1. The molecule has 0 bridgehead atoms. The number of hydrogen-bond acceptors (Lipinski definition) is 3. The maximum Gasteiger partial charge on any atom is 0.253 e. The third-order valence-corrected chi connectivity index (χ3v) is 3.19. The molecule has 0 aliphatic rings. The zero-order valence-electron chi connectivity index (χ0n) is 12.1. The third-order valence-electron chi connectivity index (χ3n) is 3.19. The van der Waals surface area contributed by atoms with E-state index in [0.717, 1.165) is 11.1 Å². The molecule has 0 aliphatic carbocycles. The number of amides is 1. The van der Waals surface area contributed by atoms with E-state index in [-0.39, 0.29) is 11.6 Å². The van der Waals surface area contributed by atoms with Crippen molar-refractivity contribution in [2.75, 3.05) is 11.9 Å². The molecule has 2 rings (SSSR count). The lowest BCUT2D eigenvalue weighted by Crippen LogP contribution is -2.24. The number of carbonyl (C=O) groups excluding carboxylic acids is 1. The van der Waals surface area contributed by atoms with Crippen LogP contribution in [-0.2, 0) is 6.54 Å². The molecule has 0 aliphatic heterocycles. The Bertz CT molecular complexity index is 643. The van der Waals surface area contributed by atoms with Crippen molar-refractivity contribution in [1.82, 2.24) is 10.3 Å². The molecule has 0 spiro atoms. The van der Waals surface area contributed by atoms with E-state index in [1.165, 1.54) is 12.1 Å². The maximum atomic E-state index is 13.8. The fraction of sp³-hybridized carbons (Fsp3) is 0.250. The number of para-hydroxylation sites is 1. The topological polar surface area (TPSA) is 54.0 Å². The quantitative estimate of drug-likeness (QED) is 0.889. The lowest BCUT2D eigenvalue weighted by molar-refractivity contribution is 0.0951. The van der Waals surface area contributed by atoms with Crippen LogP contribution in [0.15, 0.2) is 36.7 Å². The Morgan fingerprint density at radius 3 is 2.86 bits per heavy atom. The van der Waals surface area contributed by atoms with Gasteiger partial charge in [0.15, 0.2) is 0 Å². The van der Waals surface area contributed by atoms with Gasteiger partial charge in [0.25, 0.3) is 5.91 Å². The molecule has 0 unspecified atom stereocenters. The first-order chi connectivity index (χ1) is 10.1. The summed E-state index contributed by atoms with van der Waals surface area (Å²) in [5, 5.41) is 5.70. The molecule has 4 nitrogen and oxygen atoms in total. The zero-order valence-corrected chi connectivity index (χ0v) is 12.1. The molecule has 0 saturated heterocycles. The van der Waals surface area contributed by atoms with Gasteiger partial charge in [0.2, 0.25) is 0 Å². The molecule has 1 heterocycles. The van der Waals surface area contributed by atoms with E-state index in [1.54, 1.807) is 18.5 Å². The summed E-state index contributed by atoms with van der Waals surface area (Å²) < 4.78 is 13.8. The van der Waals surface area contributed by atoms with E-state index in [2.05, 4.69) is 15.6 Å². The van der Waals surface area contributed by atoms with Crippen molar-refractivity contribution >= 4 is 11.6 Å². The summed E-state index contributed by atoms with van der Waals surface area (Å²) in [4.78, 5) is 16.3. The summed E-state index contributed by atoms with van der Waals surface area (Å²) in [5.41, 5.74) is 2.54. The SMILES string of the molecule is CCNc1c(F)cccc1C(=O)NCc1ccncc1C. The average Bonchev–Trinajstić information content (AvgIpc) is 2.48. The van der Waals surface area contributed by atoms with Gasteiger partial charge in [-0.05, 0) is 43.2 Å². The first-order valence-electron chi connectivity index (χ1n) is 6.83. The van der Waals surface area contributed by atoms with Crippen molar-refractivity contribution in [3.05, 3.63) is 59.2 Å². The Labute approximate surface area is 123 Å². The zero-order chi connectivity index (χ0) is 15.2. The van der Waals surface area contributed by atoms with Crippen molar-refractivity contribution in [1.29, 1.82) is 0 Å². The Balaban J connectivity index is 2.14. The van der Waals surface area contributed by atoms with E-state index >= 15 is 0 Å². The summed E-state index contributed by atoms with van der Waals surface area (Å²) in [6.07, 6.45) is 3.43. The monoisotopic (exact) mass is 287 g/mol. The minimum Gasteiger partial charge on any atom is -0.382 e. The van der Waals surface area contributed by atoms with Gasteiger partial charge in [-0.15, -0.1) is 0 Å². The van der Waals surface area contributed by atoms with Crippen molar-refractivity contribution in [3.8, 4) is 0 Å². The van der Waals surface area contributed by atoms with Gasteiger partial charge >= 0.3 is 0 Å². The Morgan fingerprint density at radius 2 is 2.14 bits per heavy atom. The molecule has 5 heteroatoms. The molecule has 2 N–H and O–H groups in total. The Morgan fingerprint density at radius 1 is 1.33 bits per heavy atom. The minimum atomic E-state index is -0.426. The molecule has 0 radical (unpaired) electrons. The number of rotatable bonds is 5. The smallest absolute Gasteiger partial charge is 0.253 e. The van der Waals surface area contributed by atoms with Gasteiger partial charge in [0.05, 0.1) is 11.3 Å². The normalized spacial score (nSPS) is 10.2. The lowest BCUT2D eigenvalue weighted by atomic mass is 10.1. The van der Waals surface area contributed by atoms with E-state index in [4.69, 9.17) is 0 Å². The van der Waals surface area contributed by atoms with E-state index in [0.29, 0.717) is 18.7 Å². The second-order valence-corrected chi connectivity index (χ2v) is 4.68. The molecule has 2 aromatic rings. The highest BCUT2D eigenvalue weighted by molar-refractivity contribution is 5.99. The van der Waals surface area contributed by atoms with Crippen molar-refractivity contribution in [2.24, 2.45) is 0 Å². The van der Waals surface area contributed by atoms with E-state index < -0.39 is 5.82 Å². The molecule has 0 saturated carbocycles. The number of carbonyl (C=O) groups is 1. The number of nitrogens with zero attached hydrogens (tertiary/aromatic N) is 1. The fourth-order valence-corrected chi connectivity index (χ4v) is 2.04. The van der Waals surface area contributed by atoms with Crippen LogP contribution in [-0.4, -0.2) is 17.4 Å². The first kappa shape index (κ1) is 15.0.